The molecule has 0 saturated heterocycles. The van der Waals surface area contributed by atoms with E-state index in [0.717, 1.165) is 18.4 Å². The van der Waals surface area contributed by atoms with Crippen LogP contribution in [0.25, 0.3) is 0 Å². The molecule has 1 unspecified atom stereocenters. The van der Waals surface area contributed by atoms with Crippen LogP contribution < -0.4 is 5.32 Å². The molecule has 0 saturated carbocycles. The number of alkyl carbamates (subject to hydrolysis) is 1. The molecule has 0 aliphatic carbocycles. The van der Waals surface area contributed by atoms with Crippen molar-refractivity contribution in [1.82, 2.24) is 5.32 Å². The Morgan fingerprint density at radius 3 is 2.60 bits per heavy atom. The number of carbonyl (C=O) groups excluding carboxylic acids is 1. The van der Waals surface area contributed by atoms with Crippen LogP contribution in [0.4, 0.5) is 4.79 Å². The third kappa shape index (κ3) is 5.61. The molecule has 1 amide bonds. The maximum Gasteiger partial charge on any atom is 0.407 e. The number of amides is 1. The number of ether oxygens (including phenoxy) is 1. The van der Waals surface area contributed by atoms with Crippen molar-refractivity contribution >= 4 is 6.09 Å². The summed E-state index contributed by atoms with van der Waals surface area (Å²) in [5, 5.41) is 13.0. The molecule has 112 valence electrons. The number of unbranched alkanes of at least 4 members (excludes halogenated alkanes) is 1. The topological polar surface area (TPSA) is 58.6 Å². The molecule has 0 aliphatic rings. The minimum Gasteiger partial charge on any atom is -0.450 e. The lowest BCUT2D eigenvalue weighted by Gasteiger charge is -2.31. The number of aliphatic hydroxyl groups is 1. The van der Waals surface area contributed by atoms with E-state index in [1.165, 1.54) is 0 Å². The van der Waals surface area contributed by atoms with Crippen LogP contribution in [0.3, 0.4) is 0 Å². The van der Waals surface area contributed by atoms with Gasteiger partial charge in [-0.1, -0.05) is 43.7 Å². The molecule has 1 aromatic rings. The Balaban J connectivity index is 2.48. The summed E-state index contributed by atoms with van der Waals surface area (Å²) in [4.78, 5) is 11.6. The van der Waals surface area contributed by atoms with Gasteiger partial charge in [-0.2, -0.15) is 0 Å². The first kappa shape index (κ1) is 16.5. The number of nitrogens with one attached hydrogen (secondary N) is 1. The Morgan fingerprint density at radius 2 is 2.00 bits per heavy atom. The maximum absolute atomic E-state index is 11.6. The first-order chi connectivity index (χ1) is 9.45. The van der Waals surface area contributed by atoms with Crippen molar-refractivity contribution < 1.29 is 14.6 Å². The molecule has 0 fully saturated rings. The fourth-order valence-corrected chi connectivity index (χ4v) is 1.78. The summed E-state index contributed by atoms with van der Waals surface area (Å²) >= 11 is 0. The standard InChI is InChI=1S/C16H25NO3/c1-4-5-11-20-15(19)17-16(2,3)14(18)12-13-9-7-6-8-10-13/h6-10,14,18H,4-5,11-12H2,1-3H3,(H,17,19). The summed E-state index contributed by atoms with van der Waals surface area (Å²) in [6.07, 6.45) is 1.16. The molecule has 1 rings (SSSR count). The van der Waals surface area contributed by atoms with Gasteiger partial charge in [0.1, 0.15) is 0 Å². The Bertz CT molecular complexity index is 403. The van der Waals surface area contributed by atoms with Gasteiger partial charge in [-0.3, -0.25) is 0 Å². The van der Waals surface area contributed by atoms with Crippen molar-refractivity contribution in [3.05, 3.63) is 35.9 Å². The third-order valence-corrected chi connectivity index (χ3v) is 3.26. The van der Waals surface area contributed by atoms with Crippen molar-refractivity contribution in [3.63, 3.8) is 0 Å². The van der Waals surface area contributed by atoms with Crippen molar-refractivity contribution in [3.8, 4) is 0 Å². The first-order valence-corrected chi connectivity index (χ1v) is 7.12. The second kappa shape index (κ2) is 7.90. The molecule has 0 aromatic heterocycles. The van der Waals surface area contributed by atoms with Crippen LogP contribution in [0.5, 0.6) is 0 Å². The Morgan fingerprint density at radius 1 is 1.35 bits per heavy atom. The molecule has 2 N–H and O–H groups in total. The molecule has 0 heterocycles. The molecule has 0 aliphatic heterocycles. The van der Waals surface area contributed by atoms with Crippen molar-refractivity contribution in [1.29, 1.82) is 0 Å². The zero-order chi connectivity index (χ0) is 15.0. The van der Waals surface area contributed by atoms with Gasteiger partial charge in [-0.25, -0.2) is 4.79 Å². The summed E-state index contributed by atoms with van der Waals surface area (Å²) in [5.41, 5.74) is 0.299. The molecular formula is C16H25NO3. The van der Waals surface area contributed by atoms with Crippen molar-refractivity contribution in [2.45, 2.75) is 51.7 Å². The lowest BCUT2D eigenvalue weighted by molar-refractivity contribution is 0.0689. The van der Waals surface area contributed by atoms with Gasteiger partial charge in [0, 0.05) is 6.42 Å². The summed E-state index contributed by atoms with van der Waals surface area (Å²) < 4.78 is 5.06. The van der Waals surface area contributed by atoms with Gasteiger partial charge in [-0.05, 0) is 25.8 Å². The molecule has 4 nitrogen and oxygen atoms in total. The number of hydrogen-bond acceptors (Lipinski definition) is 3. The van der Waals surface area contributed by atoms with E-state index in [0.29, 0.717) is 13.0 Å². The first-order valence-electron chi connectivity index (χ1n) is 7.12. The zero-order valence-corrected chi connectivity index (χ0v) is 12.6. The van der Waals surface area contributed by atoms with E-state index in [4.69, 9.17) is 4.74 Å². The summed E-state index contributed by atoms with van der Waals surface area (Å²) in [7, 11) is 0. The van der Waals surface area contributed by atoms with E-state index in [1.54, 1.807) is 13.8 Å². The van der Waals surface area contributed by atoms with Gasteiger partial charge in [-0.15, -0.1) is 0 Å². The number of benzene rings is 1. The average molecular weight is 279 g/mol. The minimum atomic E-state index is -0.737. The largest absolute Gasteiger partial charge is 0.450 e. The summed E-state index contributed by atoms with van der Waals surface area (Å²) in [5.74, 6) is 0. The average Bonchev–Trinajstić information content (AvgIpc) is 2.39. The van der Waals surface area contributed by atoms with E-state index in [2.05, 4.69) is 5.32 Å². The second-order valence-corrected chi connectivity index (χ2v) is 5.54. The highest BCUT2D eigenvalue weighted by Gasteiger charge is 2.30. The van der Waals surface area contributed by atoms with E-state index in [1.807, 2.05) is 37.3 Å². The van der Waals surface area contributed by atoms with Gasteiger partial charge in [0.25, 0.3) is 0 Å². The van der Waals surface area contributed by atoms with Crippen LogP contribution in [0.1, 0.15) is 39.2 Å². The molecule has 1 atom stereocenters. The number of aliphatic hydroxyl groups excluding tert-OH is 1. The maximum atomic E-state index is 11.6. The van der Waals surface area contributed by atoms with Crippen LogP contribution >= 0.6 is 0 Å². The summed E-state index contributed by atoms with van der Waals surface area (Å²) in [6.45, 7) is 6.03. The fourth-order valence-electron chi connectivity index (χ4n) is 1.78. The van der Waals surface area contributed by atoms with Crippen LogP contribution in [-0.2, 0) is 11.2 Å². The Labute approximate surface area is 121 Å². The van der Waals surface area contributed by atoms with Crippen LogP contribution in [0, 0.1) is 0 Å². The van der Waals surface area contributed by atoms with Gasteiger partial charge in [0.05, 0.1) is 18.2 Å². The van der Waals surface area contributed by atoms with E-state index >= 15 is 0 Å². The van der Waals surface area contributed by atoms with Crippen LogP contribution in [0.2, 0.25) is 0 Å². The quantitative estimate of drug-likeness (QED) is 0.755. The Kier molecular flexibility index (Phi) is 6.52. The van der Waals surface area contributed by atoms with Crippen molar-refractivity contribution in [2.24, 2.45) is 0 Å². The highest BCUT2D eigenvalue weighted by molar-refractivity contribution is 5.68. The van der Waals surface area contributed by atoms with E-state index in [-0.39, 0.29) is 0 Å². The second-order valence-electron chi connectivity index (χ2n) is 5.54. The number of carbonyl (C=O) groups is 1. The van der Waals surface area contributed by atoms with Crippen LogP contribution in [-0.4, -0.2) is 29.4 Å². The summed E-state index contributed by atoms with van der Waals surface area (Å²) in [6, 6.07) is 9.71. The molecule has 20 heavy (non-hydrogen) atoms. The molecule has 4 heteroatoms. The number of hydrogen-bond donors (Lipinski definition) is 2. The molecule has 0 spiro atoms. The smallest absolute Gasteiger partial charge is 0.407 e. The predicted octanol–water partition coefficient (Wildman–Crippen LogP) is 2.89. The molecular weight excluding hydrogens is 254 g/mol. The predicted molar refractivity (Wildman–Crippen MR) is 79.6 cm³/mol. The molecule has 0 bridgehead atoms. The minimum absolute atomic E-state index is 0.410. The normalized spacial score (nSPS) is 12.8. The fraction of sp³-hybridized carbons (Fsp3) is 0.562. The lowest BCUT2D eigenvalue weighted by Crippen LogP contribution is -2.53. The monoisotopic (exact) mass is 279 g/mol. The SMILES string of the molecule is CCCCOC(=O)NC(C)(C)C(O)Cc1ccccc1. The van der Waals surface area contributed by atoms with Gasteiger partial charge in [0.15, 0.2) is 0 Å². The van der Waals surface area contributed by atoms with Gasteiger partial charge >= 0.3 is 6.09 Å². The Hall–Kier alpha value is -1.55. The van der Waals surface area contributed by atoms with Gasteiger partial charge in [0.2, 0.25) is 0 Å². The number of rotatable bonds is 7. The highest BCUT2D eigenvalue weighted by Crippen LogP contribution is 2.15. The highest BCUT2D eigenvalue weighted by atomic mass is 16.5. The molecule has 0 radical (unpaired) electrons. The zero-order valence-electron chi connectivity index (χ0n) is 12.6. The van der Waals surface area contributed by atoms with E-state index in [9.17, 15) is 9.90 Å². The van der Waals surface area contributed by atoms with Gasteiger partial charge < -0.3 is 15.2 Å². The molecule has 1 aromatic carbocycles. The van der Waals surface area contributed by atoms with E-state index < -0.39 is 17.7 Å². The lowest BCUT2D eigenvalue weighted by atomic mass is 9.92. The van der Waals surface area contributed by atoms with Crippen LogP contribution in [0.15, 0.2) is 30.3 Å². The van der Waals surface area contributed by atoms with Crippen molar-refractivity contribution in [2.75, 3.05) is 6.61 Å². The third-order valence-electron chi connectivity index (χ3n) is 3.26.